The highest BCUT2D eigenvalue weighted by Crippen LogP contribution is 2.34. The molecule has 2 saturated heterocycles. The van der Waals surface area contributed by atoms with Crippen LogP contribution in [0.1, 0.15) is 24.0 Å². The number of halogens is 2. The summed E-state index contributed by atoms with van der Waals surface area (Å²) in [4.78, 5) is 15.2. The van der Waals surface area contributed by atoms with E-state index >= 15 is 0 Å². The molecular formula is C22H23F2NO2. The first-order valence-corrected chi connectivity index (χ1v) is 9.45. The fraction of sp³-hybridized carbons (Fsp3) is 0.409. The van der Waals surface area contributed by atoms with Gasteiger partial charge in [-0.1, -0.05) is 42.5 Å². The number of rotatable bonds is 5. The smallest absolute Gasteiger partial charge is 0.162 e. The van der Waals surface area contributed by atoms with Crippen molar-refractivity contribution in [3.05, 3.63) is 71.3 Å². The Morgan fingerprint density at radius 1 is 1.00 bits per heavy atom. The molecule has 2 aliphatic heterocycles. The van der Waals surface area contributed by atoms with E-state index in [4.69, 9.17) is 4.74 Å². The van der Waals surface area contributed by atoms with E-state index < -0.39 is 11.6 Å². The Morgan fingerprint density at radius 3 is 2.41 bits per heavy atom. The minimum absolute atomic E-state index is 0.00392. The number of piperidine rings is 1. The van der Waals surface area contributed by atoms with Crippen LogP contribution >= 0.6 is 0 Å². The Morgan fingerprint density at radius 2 is 1.70 bits per heavy atom. The third-order valence-corrected chi connectivity index (χ3v) is 5.73. The zero-order chi connectivity index (χ0) is 18.8. The van der Waals surface area contributed by atoms with E-state index in [0.717, 1.165) is 12.6 Å². The second-order valence-corrected chi connectivity index (χ2v) is 7.53. The maximum absolute atomic E-state index is 13.9. The molecule has 5 heteroatoms. The molecule has 2 atom stereocenters. The number of benzene rings is 2. The fourth-order valence-electron chi connectivity index (χ4n) is 4.32. The predicted octanol–water partition coefficient (Wildman–Crippen LogP) is 3.76. The minimum atomic E-state index is -0.907. The van der Waals surface area contributed by atoms with E-state index in [1.165, 1.54) is 17.7 Å². The van der Waals surface area contributed by atoms with Crippen molar-refractivity contribution >= 4 is 5.78 Å². The molecule has 0 spiro atoms. The highest BCUT2D eigenvalue weighted by atomic mass is 19.2. The van der Waals surface area contributed by atoms with Gasteiger partial charge in [0.2, 0.25) is 0 Å². The molecule has 2 unspecified atom stereocenters. The molecule has 0 radical (unpaired) electrons. The summed E-state index contributed by atoms with van der Waals surface area (Å²) < 4.78 is 33.0. The maximum Gasteiger partial charge on any atom is 0.162 e. The molecule has 0 aromatic heterocycles. The largest absolute Gasteiger partial charge is 0.378 e. The molecule has 142 valence electrons. The van der Waals surface area contributed by atoms with Crippen molar-refractivity contribution in [2.45, 2.75) is 37.9 Å². The van der Waals surface area contributed by atoms with Crippen LogP contribution in [0.25, 0.3) is 0 Å². The third kappa shape index (κ3) is 3.94. The van der Waals surface area contributed by atoms with Gasteiger partial charge in [0, 0.05) is 31.0 Å². The Kier molecular flexibility index (Phi) is 5.32. The number of carbonyl (C=O) groups is 1. The van der Waals surface area contributed by atoms with Crippen molar-refractivity contribution in [1.82, 2.24) is 4.90 Å². The summed E-state index contributed by atoms with van der Waals surface area (Å²) in [7, 11) is 0. The molecule has 27 heavy (non-hydrogen) atoms. The Hall–Kier alpha value is -2.11. The predicted molar refractivity (Wildman–Crippen MR) is 98.2 cm³/mol. The summed E-state index contributed by atoms with van der Waals surface area (Å²) in [5.74, 6) is -1.94. The quantitative estimate of drug-likeness (QED) is 0.802. The number of Topliss-reactive ketones (excluding diaryl/α,β-unsaturated/α-hetero) is 1. The van der Waals surface area contributed by atoms with E-state index in [1.807, 2.05) is 18.2 Å². The lowest BCUT2D eigenvalue weighted by molar-refractivity contribution is -0.133. The van der Waals surface area contributed by atoms with E-state index in [9.17, 15) is 13.6 Å². The monoisotopic (exact) mass is 371 g/mol. The number of ether oxygens (including phenoxy) is 1. The van der Waals surface area contributed by atoms with Crippen molar-refractivity contribution in [3.8, 4) is 0 Å². The lowest BCUT2D eigenvalue weighted by Gasteiger charge is -2.48. The molecule has 2 heterocycles. The van der Waals surface area contributed by atoms with Crippen LogP contribution in [0.4, 0.5) is 8.78 Å². The molecule has 2 aromatic rings. The highest BCUT2D eigenvalue weighted by Gasteiger charge is 2.41. The Balaban J connectivity index is 1.45. The van der Waals surface area contributed by atoms with Gasteiger partial charge in [0.15, 0.2) is 11.6 Å². The van der Waals surface area contributed by atoms with E-state index in [-0.39, 0.29) is 35.8 Å². The maximum atomic E-state index is 13.9. The lowest BCUT2D eigenvalue weighted by Crippen LogP contribution is -2.57. The van der Waals surface area contributed by atoms with Crippen LogP contribution < -0.4 is 0 Å². The zero-order valence-electron chi connectivity index (χ0n) is 15.1. The Labute approximate surface area is 157 Å². The molecule has 2 aromatic carbocycles. The summed E-state index contributed by atoms with van der Waals surface area (Å²) in [5, 5.41) is 0. The van der Waals surface area contributed by atoms with Gasteiger partial charge in [-0.25, -0.2) is 8.78 Å². The first-order valence-electron chi connectivity index (χ1n) is 9.45. The molecule has 4 rings (SSSR count). The molecule has 2 fully saturated rings. The zero-order valence-corrected chi connectivity index (χ0v) is 15.1. The molecule has 0 N–H and O–H groups in total. The lowest BCUT2D eigenvalue weighted by atomic mass is 9.80. The molecular weight excluding hydrogens is 348 g/mol. The van der Waals surface area contributed by atoms with Gasteiger partial charge in [-0.3, -0.25) is 9.69 Å². The van der Waals surface area contributed by atoms with Crippen LogP contribution in [0, 0.1) is 17.6 Å². The van der Waals surface area contributed by atoms with Crippen molar-refractivity contribution in [1.29, 1.82) is 0 Å². The van der Waals surface area contributed by atoms with Gasteiger partial charge < -0.3 is 4.74 Å². The van der Waals surface area contributed by atoms with Gasteiger partial charge >= 0.3 is 0 Å². The number of fused-ring (bicyclic) bond motifs is 2. The first kappa shape index (κ1) is 18.3. The SMILES string of the molecule is O=C(Cc1cccc(F)c1F)C1CC2COCC(C1)N2Cc1ccccc1. The Bertz CT molecular complexity index is 797. The summed E-state index contributed by atoms with van der Waals surface area (Å²) in [6, 6.07) is 14.7. The topological polar surface area (TPSA) is 29.5 Å². The van der Waals surface area contributed by atoms with Gasteiger partial charge in [0.1, 0.15) is 5.78 Å². The van der Waals surface area contributed by atoms with Crippen molar-refractivity contribution in [2.75, 3.05) is 13.2 Å². The molecule has 2 bridgehead atoms. The van der Waals surface area contributed by atoms with Gasteiger partial charge in [-0.2, -0.15) is 0 Å². The number of ketones is 1. The molecule has 0 saturated carbocycles. The molecule has 0 amide bonds. The number of carbonyl (C=O) groups excluding carboxylic acids is 1. The number of hydrogen-bond donors (Lipinski definition) is 0. The first-order chi connectivity index (χ1) is 13.1. The average Bonchev–Trinajstić information content (AvgIpc) is 2.66. The van der Waals surface area contributed by atoms with Crippen molar-refractivity contribution < 1.29 is 18.3 Å². The van der Waals surface area contributed by atoms with Gasteiger partial charge in [-0.05, 0) is 30.0 Å². The van der Waals surface area contributed by atoms with Crippen molar-refractivity contribution in [2.24, 2.45) is 5.92 Å². The summed E-state index contributed by atoms with van der Waals surface area (Å²) in [5.41, 5.74) is 1.40. The van der Waals surface area contributed by atoms with Crippen LogP contribution in [-0.2, 0) is 22.5 Å². The number of hydrogen-bond acceptors (Lipinski definition) is 3. The van der Waals surface area contributed by atoms with Crippen LogP contribution in [0.15, 0.2) is 48.5 Å². The van der Waals surface area contributed by atoms with Gasteiger partial charge in [-0.15, -0.1) is 0 Å². The third-order valence-electron chi connectivity index (χ3n) is 5.73. The van der Waals surface area contributed by atoms with Gasteiger partial charge in [0.25, 0.3) is 0 Å². The summed E-state index contributed by atoms with van der Waals surface area (Å²) in [6.45, 7) is 2.07. The van der Waals surface area contributed by atoms with Crippen LogP contribution in [0.3, 0.4) is 0 Å². The van der Waals surface area contributed by atoms with Crippen LogP contribution in [0.2, 0.25) is 0 Å². The number of morpholine rings is 1. The van der Waals surface area contributed by atoms with E-state index in [0.29, 0.717) is 26.1 Å². The summed E-state index contributed by atoms with van der Waals surface area (Å²) >= 11 is 0. The van der Waals surface area contributed by atoms with Crippen LogP contribution in [0.5, 0.6) is 0 Å². The van der Waals surface area contributed by atoms with E-state index in [2.05, 4.69) is 17.0 Å². The molecule has 3 nitrogen and oxygen atoms in total. The summed E-state index contributed by atoms with van der Waals surface area (Å²) in [6.07, 6.45) is 1.37. The fourth-order valence-corrected chi connectivity index (χ4v) is 4.32. The van der Waals surface area contributed by atoms with Crippen LogP contribution in [-0.4, -0.2) is 36.0 Å². The van der Waals surface area contributed by atoms with E-state index in [1.54, 1.807) is 0 Å². The second-order valence-electron chi connectivity index (χ2n) is 7.53. The highest BCUT2D eigenvalue weighted by molar-refractivity contribution is 5.83. The second kappa shape index (κ2) is 7.87. The normalized spacial score (nSPS) is 25.3. The number of nitrogens with zero attached hydrogens (tertiary/aromatic N) is 1. The minimum Gasteiger partial charge on any atom is -0.378 e. The standard InChI is InChI=1S/C22H23F2NO2/c23-20-8-4-7-16(22(20)24)11-21(26)17-9-18-13-27-14-19(10-17)25(18)12-15-5-2-1-3-6-15/h1-8,17-19H,9-14H2. The molecule has 2 aliphatic rings. The van der Waals surface area contributed by atoms with Crippen molar-refractivity contribution in [3.63, 3.8) is 0 Å². The molecule has 0 aliphatic carbocycles. The van der Waals surface area contributed by atoms with Gasteiger partial charge in [0.05, 0.1) is 13.2 Å². The average molecular weight is 371 g/mol.